The Labute approximate surface area is 153 Å². The predicted octanol–water partition coefficient (Wildman–Crippen LogP) is 2.16. The van der Waals surface area contributed by atoms with E-state index in [1.165, 1.54) is 11.8 Å². The highest BCUT2D eigenvalue weighted by molar-refractivity contribution is 7.99. The van der Waals surface area contributed by atoms with Crippen molar-refractivity contribution < 1.29 is 9.67 Å². The summed E-state index contributed by atoms with van der Waals surface area (Å²) in [6, 6.07) is 12.5. The van der Waals surface area contributed by atoms with Crippen LogP contribution < -0.4 is 15.2 Å². The Bertz CT molecular complexity index is 1000. The fourth-order valence-corrected chi connectivity index (χ4v) is 4.45. The molecule has 2 aromatic heterocycles. The zero-order valence-corrected chi connectivity index (χ0v) is 14.9. The Balaban J connectivity index is 1.95. The van der Waals surface area contributed by atoms with E-state index in [1.807, 2.05) is 24.3 Å². The van der Waals surface area contributed by atoms with Crippen LogP contribution in [0.2, 0.25) is 5.15 Å². The number of rotatable bonds is 2. The third kappa shape index (κ3) is 2.62. The minimum absolute atomic E-state index is 0.175. The predicted molar refractivity (Wildman–Crippen MR) is 94.9 cm³/mol. The maximum absolute atomic E-state index is 13.2. The minimum atomic E-state index is -0.273. The molecule has 1 aromatic carbocycles. The lowest BCUT2D eigenvalue weighted by molar-refractivity contribution is -0.751. The molecule has 5 nitrogen and oxygen atoms in total. The van der Waals surface area contributed by atoms with Crippen LogP contribution in [0.5, 0.6) is 5.88 Å². The number of aromatic nitrogens is 3. The molecule has 0 saturated carbocycles. The molecule has 0 radical (unpaired) electrons. The summed E-state index contributed by atoms with van der Waals surface area (Å²) in [7, 11) is 1.70. The summed E-state index contributed by atoms with van der Waals surface area (Å²) in [6.45, 7) is 0. The number of nitrogens with zero attached hydrogens (tertiary/aromatic N) is 3. The number of fused-ring (bicyclic) bond motifs is 1. The van der Waals surface area contributed by atoms with Gasteiger partial charge in [-0.3, -0.25) is 0 Å². The highest BCUT2D eigenvalue weighted by atomic mass is 35.5. The van der Waals surface area contributed by atoms with Gasteiger partial charge < -0.3 is 5.11 Å². The third-order valence-corrected chi connectivity index (χ3v) is 5.76. The first-order chi connectivity index (χ1) is 12.1. The van der Waals surface area contributed by atoms with Crippen LogP contribution in [0.15, 0.2) is 58.6 Å². The van der Waals surface area contributed by atoms with Gasteiger partial charge in [0, 0.05) is 11.8 Å². The van der Waals surface area contributed by atoms with Crippen LogP contribution in [0.3, 0.4) is 0 Å². The molecule has 0 N–H and O–H groups in total. The number of halogens is 1. The molecule has 3 heterocycles. The van der Waals surface area contributed by atoms with Crippen LogP contribution >= 0.6 is 23.4 Å². The van der Waals surface area contributed by atoms with Crippen LogP contribution in [0.1, 0.15) is 11.6 Å². The zero-order chi connectivity index (χ0) is 17.6. The van der Waals surface area contributed by atoms with Crippen molar-refractivity contribution in [2.45, 2.75) is 11.2 Å². The molecule has 1 aliphatic heterocycles. The standard InChI is InChI=1S/C18H14ClN3O2S/c1-21-16(23)15(11-5-3-2-4-6-11)17(24)22-13(10-25-18(21)22)12-7-8-14(19)20-9-12/h2-9,13H,10H2,1H3. The van der Waals surface area contributed by atoms with Gasteiger partial charge in [0.05, 0.1) is 18.7 Å². The molecular formula is C18H14ClN3O2S. The normalized spacial score (nSPS) is 16.0. The molecule has 1 atom stereocenters. The molecule has 25 heavy (non-hydrogen) atoms. The Kier molecular flexibility index (Phi) is 4.01. The average Bonchev–Trinajstić information content (AvgIpc) is 3.07. The van der Waals surface area contributed by atoms with E-state index in [1.54, 1.807) is 40.6 Å². The van der Waals surface area contributed by atoms with Crippen molar-refractivity contribution in [3.8, 4) is 17.0 Å². The Morgan fingerprint density at radius 2 is 2.04 bits per heavy atom. The summed E-state index contributed by atoms with van der Waals surface area (Å²) >= 11 is 7.37. The molecule has 0 bridgehead atoms. The monoisotopic (exact) mass is 371 g/mol. The SMILES string of the molecule is C[n+]1c([O-])c(-c2ccccc2)c(=O)n2c1SCC2c1ccc(Cl)nc1. The largest absolute Gasteiger partial charge is 0.842 e. The fraction of sp³-hybridized carbons (Fsp3) is 0.167. The fourth-order valence-electron chi connectivity index (χ4n) is 3.07. The number of hydrogen-bond acceptors (Lipinski definition) is 4. The van der Waals surface area contributed by atoms with Gasteiger partial charge >= 0.3 is 10.7 Å². The van der Waals surface area contributed by atoms with Gasteiger partial charge in [0.2, 0.25) is 0 Å². The van der Waals surface area contributed by atoms with Gasteiger partial charge in [-0.25, -0.2) is 14.3 Å². The summed E-state index contributed by atoms with van der Waals surface area (Å²) in [6.07, 6.45) is 1.68. The molecule has 4 rings (SSSR count). The van der Waals surface area contributed by atoms with E-state index in [-0.39, 0.29) is 23.0 Å². The molecule has 3 aromatic rings. The quantitative estimate of drug-likeness (QED) is 0.393. The second-order valence-corrected chi connectivity index (χ2v) is 7.18. The smallest absolute Gasteiger partial charge is 0.345 e. The van der Waals surface area contributed by atoms with Crippen molar-refractivity contribution in [1.29, 1.82) is 0 Å². The lowest BCUT2D eigenvalue weighted by Crippen LogP contribution is -2.43. The minimum Gasteiger partial charge on any atom is -0.842 e. The Morgan fingerprint density at radius 1 is 1.28 bits per heavy atom. The van der Waals surface area contributed by atoms with E-state index in [9.17, 15) is 9.90 Å². The number of benzene rings is 1. The van der Waals surface area contributed by atoms with Crippen LogP contribution in [0.4, 0.5) is 0 Å². The van der Waals surface area contributed by atoms with Gasteiger partial charge in [-0.15, -0.1) is 0 Å². The van der Waals surface area contributed by atoms with Gasteiger partial charge in [-0.05, 0) is 23.4 Å². The van der Waals surface area contributed by atoms with E-state index in [4.69, 9.17) is 11.6 Å². The van der Waals surface area contributed by atoms with E-state index in [0.717, 1.165) is 5.56 Å². The first-order valence-corrected chi connectivity index (χ1v) is 9.09. The highest BCUT2D eigenvalue weighted by Crippen LogP contribution is 2.35. The molecule has 0 spiro atoms. The molecule has 1 unspecified atom stereocenters. The molecule has 0 saturated heterocycles. The van der Waals surface area contributed by atoms with Crippen molar-refractivity contribution in [2.24, 2.45) is 7.05 Å². The summed E-state index contributed by atoms with van der Waals surface area (Å²) in [5.41, 5.74) is 1.46. The highest BCUT2D eigenvalue weighted by Gasteiger charge is 2.37. The van der Waals surface area contributed by atoms with E-state index < -0.39 is 0 Å². The molecule has 126 valence electrons. The zero-order valence-electron chi connectivity index (χ0n) is 13.3. The summed E-state index contributed by atoms with van der Waals surface area (Å²) in [5, 5.41) is 13.8. The maximum Gasteiger partial charge on any atom is 0.345 e. The van der Waals surface area contributed by atoms with E-state index >= 15 is 0 Å². The summed E-state index contributed by atoms with van der Waals surface area (Å²) < 4.78 is 3.25. The van der Waals surface area contributed by atoms with E-state index in [2.05, 4.69) is 4.98 Å². The lowest BCUT2D eigenvalue weighted by atomic mass is 10.1. The van der Waals surface area contributed by atoms with Crippen LogP contribution in [-0.4, -0.2) is 15.3 Å². The second-order valence-electron chi connectivity index (χ2n) is 5.80. The summed E-state index contributed by atoms with van der Waals surface area (Å²) in [4.78, 5) is 17.3. The average molecular weight is 372 g/mol. The molecular weight excluding hydrogens is 358 g/mol. The molecule has 0 amide bonds. The van der Waals surface area contributed by atoms with Crippen LogP contribution in [0, 0.1) is 0 Å². The van der Waals surface area contributed by atoms with Gasteiger partial charge in [-0.1, -0.05) is 48.0 Å². The maximum atomic E-state index is 13.2. The first-order valence-electron chi connectivity index (χ1n) is 7.73. The second kappa shape index (κ2) is 6.20. The molecule has 7 heteroatoms. The third-order valence-electron chi connectivity index (χ3n) is 4.32. The Hall–Kier alpha value is -2.31. The van der Waals surface area contributed by atoms with Gasteiger partial charge in [-0.2, -0.15) is 4.57 Å². The topological polar surface area (TPSA) is 61.8 Å². The summed E-state index contributed by atoms with van der Waals surface area (Å²) in [5.74, 6) is 0.397. The lowest BCUT2D eigenvalue weighted by Gasteiger charge is -2.16. The molecule has 1 aliphatic rings. The van der Waals surface area contributed by atoms with Crippen LogP contribution in [0.25, 0.3) is 11.1 Å². The number of pyridine rings is 1. The number of thioether (sulfide) groups is 1. The van der Waals surface area contributed by atoms with Gasteiger partial charge in [0.15, 0.2) is 0 Å². The Morgan fingerprint density at radius 3 is 2.72 bits per heavy atom. The van der Waals surface area contributed by atoms with Crippen molar-refractivity contribution in [2.75, 3.05) is 5.75 Å². The van der Waals surface area contributed by atoms with Gasteiger partial charge in [0.25, 0.3) is 0 Å². The van der Waals surface area contributed by atoms with Crippen molar-refractivity contribution in [3.63, 3.8) is 0 Å². The van der Waals surface area contributed by atoms with Crippen molar-refractivity contribution in [3.05, 3.63) is 69.7 Å². The molecule has 0 aliphatic carbocycles. The van der Waals surface area contributed by atoms with Gasteiger partial charge in [0.1, 0.15) is 16.8 Å². The number of hydrogen-bond donors (Lipinski definition) is 0. The van der Waals surface area contributed by atoms with E-state index in [0.29, 0.717) is 21.6 Å². The molecule has 0 fully saturated rings. The van der Waals surface area contributed by atoms with Crippen molar-refractivity contribution in [1.82, 2.24) is 9.55 Å². The first kappa shape index (κ1) is 16.2. The van der Waals surface area contributed by atoms with Crippen molar-refractivity contribution >= 4 is 23.4 Å². The van der Waals surface area contributed by atoms with Crippen LogP contribution in [-0.2, 0) is 7.05 Å².